The zero-order valence-electron chi connectivity index (χ0n) is 13.8. The number of nitrogens with one attached hydrogen (secondary N) is 1. The van der Waals surface area contributed by atoms with Crippen LogP contribution >= 0.6 is 0 Å². The number of carbonyl (C=O) groups is 1. The van der Waals surface area contributed by atoms with Gasteiger partial charge in [0.1, 0.15) is 12.4 Å². The molecule has 0 radical (unpaired) electrons. The van der Waals surface area contributed by atoms with E-state index in [0.717, 1.165) is 6.42 Å². The number of nitrogens with zero attached hydrogens (tertiary/aromatic N) is 2. The predicted octanol–water partition coefficient (Wildman–Crippen LogP) is 0.311. The zero-order chi connectivity index (χ0) is 17.5. The van der Waals surface area contributed by atoms with E-state index < -0.39 is 10.0 Å². The Hall–Kier alpha value is -1.93. The third-order valence-corrected chi connectivity index (χ3v) is 6.10. The number of aliphatic imine (C=N–C) groups is 1. The van der Waals surface area contributed by atoms with E-state index in [1.165, 1.54) is 6.07 Å². The lowest BCUT2D eigenvalue weighted by Gasteiger charge is -2.42. The monoisotopic (exact) mass is 350 g/mol. The molecule has 3 N–H and O–H groups in total. The summed E-state index contributed by atoms with van der Waals surface area (Å²) < 4.78 is 26.5. The Balaban J connectivity index is 1.74. The highest BCUT2D eigenvalue weighted by Gasteiger charge is 2.35. The Kier molecular flexibility index (Phi) is 4.13. The quantitative estimate of drug-likeness (QED) is 0.801. The molecule has 2 heterocycles. The molecule has 7 nitrogen and oxygen atoms in total. The van der Waals surface area contributed by atoms with E-state index in [4.69, 9.17) is 5.73 Å². The number of hydrogen-bond acceptors (Lipinski definition) is 5. The maximum Gasteiger partial charge on any atom is 0.263 e. The van der Waals surface area contributed by atoms with Gasteiger partial charge < -0.3 is 10.6 Å². The van der Waals surface area contributed by atoms with Crippen LogP contribution in [0.3, 0.4) is 0 Å². The lowest BCUT2D eigenvalue weighted by Crippen LogP contribution is -2.54. The zero-order valence-corrected chi connectivity index (χ0v) is 14.6. The lowest BCUT2D eigenvalue weighted by molar-refractivity contribution is -0.133. The van der Waals surface area contributed by atoms with Crippen molar-refractivity contribution in [2.24, 2.45) is 16.1 Å². The number of amidine groups is 1. The Labute approximate surface area is 142 Å². The number of hydrogen-bond donors (Lipinski definition) is 2. The van der Waals surface area contributed by atoms with E-state index in [9.17, 15) is 13.2 Å². The molecule has 1 atom stereocenters. The van der Waals surface area contributed by atoms with Crippen LogP contribution in [0.1, 0.15) is 25.8 Å². The van der Waals surface area contributed by atoms with Crippen LogP contribution in [0.15, 0.2) is 34.2 Å². The van der Waals surface area contributed by atoms with Gasteiger partial charge >= 0.3 is 0 Å². The summed E-state index contributed by atoms with van der Waals surface area (Å²) in [4.78, 5) is 18.6. The summed E-state index contributed by atoms with van der Waals surface area (Å²) in [6, 6.07) is 6.68. The van der Waals surface area contributed by atoms with Gasteiger partial charge in [-0.05, 0) is 24.0 Å². The van der Waals surface area contributed by atoms with Crippen LogP contribution in [0.4, 0.5) is 0 Å². The van der Waals surface area contributed by atoms with Crippen LogP contribution in [0.5, 0.6) is 0 Å². The van der Waals surface area contributed by atoms with Crippen molar-refractivity contribution in [1.82, 2.24) is 9.62 Å². The SMILES string of the molecule is CC1(C)CN(C(=O)CN=C2NS(=O)(=O)c3ccccc32)CCC1N. The molecule has 1 aromatic rings. The normalized spacial score (nSPS) is 26.0. The molecule has 0 aliphatic carbocycles. The predicted molar refractivity (Wildman–Crippen MR) is 91.1 cm³/mol. The van der Waals surface area contributed by atoms with Gasteiger partial charge in [0, 0.05) is 24.7 Å². The molecule has 1 unspecified atom stereocenters. The van der Waals surface area contributed by atoms with Crippen molar-refractivity contribution in [3.05, 3.63) is 29.8 Å². The first-order valence-corrected chi connectivity index (χ1v) is 9.39. The summed E-state index contributed by atoms with van der Waals surface area (Å²) in [5, 5.41) is 0. The van der Waals surface area contributed by atoms with Gasteiger partial charge in [-0.2, -0.15) is 0 Å². The molecule has 1 aromatic carbocycles. The molecule has 0 bridgehead atoms. The molecule has 3 rings (SSSR count). The molecule has 1 saturated heterocycles. The fourth-order valence-corrected chi connectivity index (χ4v) is 4.34. The number of likely N-dealkylation sites (tertiary alicyclic amines) is 1. The molecule has 8 heteroatoms. The third-order valence-electron chi connectivity index (χ3n) is 4.70. The minimum Gasteiger partial charge on any atom is -0.340 e. The summed E-state index contributed by atoms with van der Waals surface area (Å²) in [5.74, 6) is 0.109. The molecule has 0 aromatic heterocycles. The van der Waals surface area contributed by atoms with E-state index in [2.05, 4.69) is 9.71 Å². The van der Waals surface area contributed by atoms with Crippen LogP contribution in [-0.4, -0.2) is 50.7 Å². The average Bonchev–Trinajstić information content (AvgIpc) is 2.79. The Morgan fingerprint density at radius 2 is 2.12 bits per heavy atom. The van der Waals surface area contributed by atoms with Crippen molar-refractivity contribution in [2.45, 2.75) is 31.2 Å². The average molecular weight is 350 g/mol. The van der Waals surface area contributed by atoms with Crippen molar-refractivity contribution in [2.75, 3.05) is 19.6 Å². The number of nitrogens with two attached hydrogens (primary N) is 1. The van der Waals surface area contributed by atoms with Gasteiger partial charge in [0.25, 0.3) is 10.0 Å². The van der Waals surface area contributed by atoms with Crippen molar-refractivity contribution in [1.29, 1.82) is 0 Å². The molecule has 2 aliphatic heterocycles. The molecule has 24 heavy (non-hydrogen) atoms. The maximum absolute atomic E-state index is 12.4. The van der Waals surface area contributed by atoms with E-state index in [1.54, 1.807) is 23.1 Å². The standard InChI is InChI=1S/C16H22N4O3S/c1-16(2)10-20(8-7-13(16)17)14(21)9-18-15-11-5-3-4-6-12(11)24(22,23)19-15/h3-6,13H,7-10,17H2,1-2H3,(H,18,19). The molecule has 0 saturated carbocycles. The molecule has 1 fully saturated rings. The highest BCUT2D eigenvalue weighted by molar-refractivity contribution is 7.90. The topological polar surface area (TPSA) is 105 Å². The van der Waals surface area contributed by atoms with Crippen molar-refractivity contribution >= 4 is 21.8 Å². The van der Waals surface area contributed by atoms with Crippen molar-refractivity contribution in [3.8, 4) is 0 Å². The van der Waals surface area contributed by atoms with Crippen LogP contribution in [0, 0.1) is 5.41 Å². The van der Waals surface area contributed by atoms with Crippen LogP contribution < -0.4 is 10.5 Å². The van der Waals surface area contributed by atoms with Gasteiger partial charge in [-0.3, -0.25) is 14.5 Å². The van der Waals surface area contributed by atoms with Gasteiger partial charge in [0.15, 0.2) is 0 Å². The van der Waals surface area contributed by atoms with Crippen LogP contribution in [-0.2, 0) is 14.8 Å². The Morgan fingerprint density at radius 1 is 1.42 bits per heavy atom. The molecular weight excluding hydrogens is 328 g/mol. The van der Waals surface area contributed by atoms with Crippen LogP contribution in [0.25, 0.3) is 0 Å². The summed E-state index contributed by atoms with van der Waals surface area (Å²) in [7, 11) is -3.58. The van der Waals surface area contributed by atoms with Gasteiger partial charge in [-0.1, -0.05) is 26.0 Å². The third kappa shape index (κ3) is 3.03. The van der Waals surface area contributed by atoms with Gasteiger partial charge in [0.2, 0.25) is 5.91 Å². The van der Waals surface area contributed by atoms with E-state index in [-0.39, 0.29) is 34.6 Å². The number of benzene rings is 1. The molecular formula is C16H22N4O3S. The van der Waals surface area contributed by atoms with Gasteiger partial charge in [-0.15, -0.1) is 0 Å². The second-order valence-electron chi connectivity index (χ2n) is 6.97. The maximum atomic E-state index is 12.4. The fraction of sp³-hybridized carbons (Fsp3) is 0.500. The van der Waals surface area contributed by atoms with E-state index in [1.807, 2.05) is 13.8 Å². The van der Waals surface area contributed by atoms with Gasteiger partial charge in [-0.25, -0.2) is 8.42 Å². The highest BCUT2D eigenvalue weighted by atomic mass is 32.2. The smallest absolute Gasteiger partial charge is 0.263 e. The minimum atomic E-state index is -3.58. The number of rotatable bonds is 2. The Morgan fingerprint density at radius 3 is 2.83 bits per heavy atom. The first-order valence-electron chi connectivity index (χ1n) is 7.91. The summed E-state index contributed by atoms with van der Waals surface area (Å²) in [6.07, 6.45) is 0.755. The molecule has 0 spiro atoms. The summed E-state index contributed by atoms with van der Waals surface area (Å²) >= 11 is 0. The lowest BCUT2D eigenvalue weighted by atomic mass is 9.80. The number of amides is 1. The first kappa shape index (κ1) is 16.9. The van der Waals surface area contributed by atoms with Gasteiger partial charge in [0.05, 0.1) is 4.90 Å². The Bertz CT molecular complexity index is 801. The van der Waals surface area contributed by atoms with Crippen molar-refractivity contribution in [3.63, 3.8) is 0 Å². The second-order valence-corrected chi connectivity index (χ2v) is 8.62. The summed E-state index contributed by atoms with van der Waals surface area (Å²) in [6.45, 7) is 5.20. The molecule has 2 aliphatic rings. The first-order chi connectivity index (χ1) is 11.2. The number of piperidine rings is 1. The minimum absolute atomic E-state index is 0.0707. The molecule has 130 valence electrons. The number of carbonyl (C=O) groups excluding carboxylic acids is 1. The highest BCUT2D eigenvalue weighted by Crippen LogP contribution is 2.28. The number of fused-ring (bicyclic) bond motifs is 1. The summed E-state index contributed by atoms with van der Waals surface area (Å²) in [5.41, 5.74) is 6.46. The van der Waals surface area contributed by atoms with Crippen molar-refractivity contribution < 1.29 is 13.2 Å². The molecule has 1 amide bonds. The van der Waals surface area contributed by atoms with E-state index >= 15 is 0 Å². The van der Waals surface area contributed by atoms with E-state index in [0.29, 0.717) is 18.7 Å². The second kappa shape index (κ2) is 5.86. The fourth-order valence-electron chi connectivity index (χ4n) is 3.08. The van der Waals surface area contributed by atoms with Crippen LogP contribution in [0.2, 0.25) is 0 Å². The largest absolute Gasteiger partial charge is 0.340 e. The number of sulfonamides is 1.